The highest BCUT2D eigenvalue weighted by atomic mass is 16.6. The van der Waals surface area contributed by atoms with Crippen LogP contribution in [0, 0.1) is 23.7 Å². The van der Waals surface area contributed by atoms with Gasteiger partial charge in [0.25, 0.3) is 0 Å². The number of esters is 1. The van der Waals surface area contributed by atoms with Crippen LogP contribution in [0.3, 0.4) is 0 Å². The number of nitrogens with two attached hydrogens (primary N) is 2. The van der Waals surface area contributed by atoms with E-state index in [1.54, 1.807) is 13.2 Å². The van der Waals surface area contributed by atoms with Gasteiger partial charge in [0, 0.05) is 7.11 Å². The first-order chi connectivity index (χ1) is 16.1. The molecule has 0 saturated heterocycles. The van der Waals surface area contributed by atoms with Crippen LogP contribution in [-0.2, 0) is 19.0 Å². The molecule has 0 aromatic rings. The van der Waals surface area contributed by atoms with E-state index >= 15 is 0 Å². The molecule has 1 aliphatic rings. The first kappa shape index (κ1) is 32.1. The summed E-state index contributed by atoms with van der Waals surface area (Å²) in [6.45, 7) is 13.6. The fourth-order valence-electron chi connectivity index (χ4n) is 4.25. The summed E-state index contributed by atoms with van der Waals surface area (Å²) in [5.74, 6) is 1.20. The SMILES string of the molecule is CN.CO/C1=C\C(C)=C\[C@@H](C)[C@@H](C)[C@@H](C)C/C(C)=C/C=C/[C@H](OC)C([C@@H](C)CCCN)OC1=O. The normalized spacial score (nSPS) is 33.4. The first-order valence-corrected chi connectivity index (χ1v) is 12.4. The Morgan fingerprint density at radius 1 is 1.18 bits per heavy atom. The lowest BCUT2D eigenvalue weighted by atomic mass is 9.81. The molecule has 1 rings (SSSR count). The molecule has 196 valence electrons. The van der Waals surface area contributed by atoms with Crippen LogP contribution in [-0.4, -0.2) is 46.0 Å². The van der Waals surface area contributed by atoms with Crippen molar-refractivity contribution in [1.29, 1.82) is 0 Å². The molecule has 0 saturated carbocycles. The Morgan fingerprint density at radius 3 is 2.38 bits per heavy atom. The monoisotopic (exact) mass is 478 g/mol. The van der Waals surface area contributed by atoms with E-state index in [9.17, 15) is 4.79 Å². The molecule has 0 fully saturated rings. The van der Waals surface area contributed by atoms with Crippen LogP contribution in [0.5, 0.6) is 0 Å². The molecule has 1 aliphatic heterocycles. The van der Waals surface area contributed by atoms with Gasteiger partial charge in [-0.25, -0.2) is 4.79 Å². The minimum absolute atomic E-state index is 0.0803. The summed E-state index contributed by atoms with van der Waals surface area (Å²) >= 11 is 0. The summed E-state index contributed by atoms with van der Waals surface area (Å²) in [5.41, 5.74) is 12.5. The van der Waals surface area contributed by atoms with E-state index in [-0.39, 0.29) is 17.8 Å². The molecule has 0 radical (unpaired) electrons. The van der Waals surface area contributed by atoms with E-state index in [2.05, 4.69) is 52.5 Å². The molecule has 0 bridgehead atoms. The molecule has 6 nitrogen and oxygen atoms in total. The summed E-state index contributed by atoms with van der Waals surface area (Å²) in [7, 11) is 4.65. The van der Waals surface area contributed by atoms with Crippen LogP contribution in [0.4, 0.5) is 0 Å². The highest BCUT2D eigenvalue weighted by Gasteiger charge is 2.30. The fraction of sp³-hybridized carbons (Fsp3) is 0.679. The topological polar surface area (TPSA) is 96.8 Å². The highest BCUT2D eigenvalue weighted by molar-refractivity contribution is 5.87. The Kier molecular flexibility index (Phi) is 16.6. The second kappa shape index (κ2) is 17.5. The van der Waals surface area contributed by atoms with Gasteiger partial charge in [0.15, 0.2) is 0 Å². The lowest BCUT2D eigenvalue weighted by molar-refractivity contribution is -0.157. The maximum atomic E-state index is 13.0. The third-order valence-corrected chi connectivity index (χ3v) is 6.62. The van der Waals surface area contributed by atoms with Gasteiger partial charge in [-0.2, -0.15) is 0 Å². The summed E-state index contributed by atoms with van der Waals surface area (Å²) < 4.78 is 17.1. The molecule has 6 atom stereocenters. The number of allylic oxidation sites excluding steroid dienone is 6. The molecule has 0 spiro atoms. The molecule has 34 heavy (non-hydrogen) atoms. The van der Waals surface area contributed by atoms with Gasteiger partial charge in [0.05, 0.1) is 7.11 Å². The van der Waals surface area contributed by atoms with Crippen LogP contribution in [0.25, 0.3) is 0 Å². The van der Waals surface area contributed by atoms with Crippen molar-refractivity contribution in [3.8, 4) is 0 Å². The zero-order chi connectivity index (χ0) is 26.3. The van der Waals surface area contributed by atoms with E-state index in [0.717, 1.165) is 24.8 Å². The van der Waals surface area contributed by atoms with Crippen molar-refractivity contribution in [3.05, 3.63) is 47.3 Å². The zero-order valence-electron chi connectivity index (χ0n) is 23.0. The average Bonchev–Trinajstić information content (AvgIpc) is 2.82. The molecule has 6 heteroatoms. The molecular formula is C28H50N2O4. The molecule has 0 aromatic carbocycles. The van der Waals surface area contributed by atoms with Crippen LogP contribution < -0.4 is 11.5 Å². The first-order valence-electron chi connectivity index (χ1n) is 12.4. The van der Waals surface area contributed by atoms with Crippen molar-refractivity contribution >= 4 is 5.97 Å². The molecular weight excluding hydrogens is 428 g/mol. The van der Waals surface area contributed by atoms with Crippen molar-refractivity contribution < 1.29 is 19.0 Å². The van der Waals surface area contributed by atoms with Crippen molar-refractivity contribution in [3.63, 3.8) is 0 Å². The minimum atomic E-state index is -0.479. The Morgan fingerprint density at radius 2 is 1.82 bits per heavy atom. The van der Waals surface area contributed by atoms with E-state index in [1.165, 1.54) is 19.7 Å². The molecule has 1 heterocycles. The number of ether oxygens (including phenoxy) is 3. The van der Waals surface area contributed by atoms with Crippen molar-refractivity contribution in [2.45, 2.75) is 73.0 Å². The Bertz CT molecular complexity index is 711. The van der Waals surface area contributed by atoms with Gasteiger partial charge in [-0.15, -0.1) is 0 Å². The van der Waals surface area contributed by atoms with Gasteiger partial charge in [0.2, 0.25) is 5.76 Å². The van der Waals surface area contributed by atoms with Gasteiger partial charge in [-0.05, 0) is 76.5 Å². The van der Waals surface area contributed by atoms with Crippen molar-refractivity contribution in [2.75, 3.05) is 27.8 Å². The van der Waals surface area contributed by atoms with Crippen LogP contribution in [0.2, 0.25) is 0 Å². The second-order valence-electron chi connectivity index (χ2n) is 9.40. The molecule has 0 aromatic heterocycles. The van der Waals surface area contributed by atoms with E-state index in [0.29, 0.717) is 24.3 Å². The second-order valence-corrected chi connectivity index (χ2v) is 9.40. The van der Waals surface area contributed by atoms with Gasteiger partial charge in [-0.3, -0.25) is 0 Å². The number of hydrogen-bond acceptors (Lipinski definition) is 6. The minimum Gasteiger partial charge on any atom is -0.490 e. The highest BCUT2D eigenvalue weighted by Crippen LogP contribution is 2.28. The zero-order valence-corrected chi connectivity index (χ0v) is 23.0. The average molecular weight is 479 g/mol. The Labute approximate surface area is 208 Å². The standard InChI is InChI=1S/C27H45NO4.CH5N/c1-18-11-9-13-24(30-7)26(20(3)12-10-14-28)32-27(29)25(31-8)17-19(2)16-22(5)23(6)21(4)15-18;1-2/h9,11,13,16-17,20-24,26H,10,12,14-15,28H2,1-8H3;2H2,1H3/b13-9+,18-11+,19-16+,25-17-;/t20-,21-,22+,23-,24-,26?;/m0./s1. The smallest absolute Gasteiger partial charge is 0.373 e. The van der Waals surface area contributed by atoms with Gasteiger partial charge in [0.1, 0.15) is 12.2 Å². The predicted octanol–water partition coefficient (Wildman–Crippen LogP) is 5.15. The third-order valence-electron chi connectivity index (χ3n) is 6.62. The number of methoxy groups -OCH3 is 2. The molecule has 1 unspecified atom stereocenters. The van der Waals surface area contributed by atoms with Crippen molar-refractivity contribution in [2.24, 2.45) is 35.1 Å². The van der Waals surface area contributed by atoms with Gasteiger partial charge >= 0.3 is 5.97 Å². The quantitative estimate of drug-likeness (QED) is 0.512. The van der Waals surface area contributed by atoms with Crippen LogP contribution >= 0.6 is 0 Å². The number of carbonyl (C=O) groups excluding carboxylic acids is 1. The van der Waals surface area contributed by atoms with E-state index in [4.69, 9.17) is 19.9 Å². The van der Waals surface area contributed by atoms with Gasteiger partial charge < -0.3 is 25.7 Å². The Hall–Kier alpha value is -1.89. The number of rotatable bonds is 6. The van der Waals surface area contributed by atoms with Crippen molar-refractivity contribution in [1.82, 2.24) is 0 Å². The van der Waals surface area contributed by atoms with Crippen LogP contribution in [0.1, 0.15) is 60.8 Å². The lowest BCUT2D eigenvalue weighted by Crippen LogP contribution is -2.37. The molecule has 4 N–H and O–H groups in total. The largest absolute Gasteiger partial charge is 0.490 e. The number of hydrogen-bond donors (Lipinski definition) is 2. The summed E-state index contributed by atoms with van der Waals surface area (Å²) in [6.07, 6.45) is 12.0. The molecule has 0 amide bonds. The maximum Gasteiger partial charge on any atom is 0.373 e. The third kappa shape index (κ3) is 11.0. The predicted molar refractivity (Wildman–Crippen MR) is 142 cm³/mol. The van der Waals surface area contributed by atoms with E-state index in [1.807, 2.05) is 19.1 Å². The number of carbonyl (C=O) groups is 1. The van der Waals surface area contributed by atoms with E-state index < -0.39 is 12.1 Å². The number of cyclic esters (lactones) is 1. The fourth-order valence-corrected chi connectivity index (χ4v) is 4.25. The van der Waals surface area contributed by atoms with Crippen LogP contribution in [0.15, 0.2) is 47.3 Å². The van der Waals surface area contributed by atoms with Gasteiger partial charge in [-0.1, -0.05) is 63.1 Å². The maximum absolute atomic E-state index is 13.0. The Balaban J connectivity index is 0.00000529. The summed E-state index contributed by atoms with van der Waals surface area (Å²) in [4.78, 5) is 13.0. The summed E-state index contributed by atoms with van der Waals surface area (Å²) in [6, 6.07) is 0. The lowest BCUT2D eigenvalue weighted by Gasteiger charge is -2.29. The summed E-state index contributed by atoms with van der Waals surface area (Å²) in [5, 5.41) is 0. The molecule has 0 aliphatic carbocycles.